The Morgan fingerprint density at radius 3 is 2.55 bits per heavy atom. The third-order valence-electron chi connectivity index (χ3n) is 6.14. The molecule has 0 radical (unpaired) electrons. The maximum atomic E-state index is 13.0. The maximum Gasteiger partial charge on any atom is 0.236 e. The van der Waals surface area contributed by atoms with Gasteiger partial charge in [0.15, 0.2) is 0 Å². The van der Waals surface area contributed by atoms with Crippen molar-refractivity contribution in [3.05, 3.63) is 65.5 Å². The maximum absolute atomic E-state index is 13.0. The highest BCUT2D eigenvalue weighted by molar-refractivity contribution is 5.85. The molecular weight excluding hydrogens is 433 g/mol. The number of aryl methyl sites for hydroxylation is 1. The summed E-state index contributed by atoms with van der Waals surface area (Å²) in [6, 6.07) is 12.9. The lowest BCUT2D eigenvalue weighted by Crippen LogP contribution is -2.53. The van der Waals surface area contributed by atoms with Crippen molar-refractivity contribution in [2.75, 3.05) is 52.4 Å². The number of piperazine rings is 2. The molecule has 170 valence electrons. The molecule has 31 heavy (non-hydrogen) atoms. The third-order valence-corrected chi connectivity index (χ3v) is 6.14. The van der Waals surface area contributed by atoms with E-state index in [1.807, 2.05) is 17.2 Å². The van der Waals surface area contributed by atoms with Crippen molar-refractivity contribution in [1.29, 1.82) is 0 Å². The average Bonchev–Trinajstić information content (AvgIpc) is 2.77. The molecular formula is C23H33Cl2N5O. The fourth-order valence-corrected chi connectivity index (χ4v) is 4.29. The van der Waals surface area contributed by atoms with Crippen LogP contribution >= 0.6 is 24.8 Å². The number of carbonyl (C=O) groups is 1. The summed E-state index contributed by atoms with van der Waals surface area (Å²) in [7, 11) is 0. The van der Waals surface area contributed by atoms with Gasteiger partial charge in [0.1, 0.15) is 0 Å². The van der Waals surface area contributed by atoms with Gasteiger partial charge in [-0.15, -0.1) is 24.8 Å². The van der Waals surface area contributed by atoms with Gasteiger partial charge in [-0.05, 0) is 29.7 Å². The SMILES string of the molecule is Cc1ccccc1CN1CCN(C(=O)CN2CCNCC2c2cccnc2)CC1.Cl.Cl. The van der Waals surface area contributed by atoms with Crippen LogP contribution in [0.25, 0.3) is 0 Å². The largest absolute Gasteiger partial charge is 0.339 e. The van der Waals surface area contributed by atoms with E-state index in [2.05, 4.69) is 57.4 Å². The molecule has 8 heteroatoms. The molecule has 0 aliphatic carbocycles. The van der Waals surface area contributed by atoms with Crippen molar-refractivity contribution < 1.29 is 4.79 Å². The first-order valence-electron chi connectivity index (χ1n) is 10.6. The van der Waals surface area contributed by atoms with Crippen molar-refractivity contribution >= 4 is 30.7 Å². The fraction of sp³-hybridized carbons (Fsp3) is 0.478. The normalized spacial score (nSPS) is 19.9. The van der Waals surface area contributed by atoms with Crippen molar-refractivity contribution in [1.82, 2.24) is 25.0 Å². The lowest BCUT2D eigenvalue weighted by molar-refractivity contribution is -0.135. The standard InChI is InChI=1S/C23H31N5O.2ClH/c1-19-5-2-3-6-21(19)17-26-11-13-27(14-12-26)23(29)18-28-10-9-25-16-22(28)20-7-4-8-24-15-20;;/h2-8,15,22,25H,9-14,16-18H2,1H3;2*1H. The molecule has 3 heterocycles. The molecule has 1 aromatic carbocycles. The van der Waals surface area contributed by atoms with E-state index in [1.165, 1.54) is 16.7 Å². The summed E-state index contributed by atoms with van der Waals surface area (Å²) in [5.41, 5.74) is 3.90. The molecule has 2 aliphatic heterocycles. The summed E-state index contributed by atoms with van der Waals surface area (Å²) in [5, 5.41) is 3.45. The monoisotopic (exact) mass is 465 g/mol. The van der Waals surface area contributed by atoms with Gasteiger partial charge in [0.2, 0.25) is 5.91 Å². The molecule has 2 aliphatic rings. The number of pyridine rings is 1. The lowest BCUT2D eigenvalue weighted by atomic mass is 10.1. The zero-order valence-electron chi connectivity index (χ0n) is 18.1. The Balaban J connectivity index is 0.00000171. The number of nitrogens with zero attached hydrogens (tertiary/aromatic N) is 4. The number of aromatic nitrogens is 1. The predicted octanol–water partition coefficient (Wildman–Crippen LogP) is 2.52. The van der Waals surface area contributed by atoms with Crippen molar-refractivity contribution in [2.45, 2.75) is 19.5 Å². The van der Waals surface area contributed by atoms with E-state index in [-0.39, 0.29) is 36.8 Å². The number of hydrogen-bond donors (Lipinski definition) is 1. The highest BCUT2D eigenvalue weighted by Gasteiger charge is 2.28. The second-order valence-corrected chi connectivity index (χ2v) is 8.06. The summed E-state index contributed by atoms with van der Waals surface area (Å²) in [6.45, 7) is 9.80. The molecule has 6 nitrogen and oxygen atoms in total. The molecule has 1 amide bonds. The van der Waals surface area contributed by atoms with E-state index in [4.69, 9.17) is 0 Å². The van der Waals surface area contributed by atoms with Crippen LogP contribution in [0.2, 0.25) is 0 Å². The number of amides is 1. The van der Waals surface area contributed by atoms with Crippen LogP contribution in [0.4, 0.5) is 0 Å². The average molecular weight is 466 g/mol. The summed E-state index contributed by atoms with van der Waals surface area (Å²) in [6.07, 6.45) is 3.71. The Morgan fingerprint density at radius 2 is 1.84 bits per heavy atom. The smallest absolute Gasteiger partial charge is 0.236 e. The topological polar surface area (TPSA) is 51.7 Å². The van der Waals surface area contributed by atoms with E-state index in [1.54, 1.807) is 6.20 Å². The van der Waals surface area contributed by atoms with Crippen molar-refractivity contribution in [3.8, 4) is 0 Å². The number of carbonyl (C=O) groups excluding carboxylic acids is 1. The van der Waals surface area contributed by atoms with Gasteiger partial charge in [-0.3, -0.25) is 19.6 Å². The van der Waals surface area contributed by atoms with Gasteiger partial charge in [-0.1, -0.05) is 30.3 Å². The van der Waals surface area contributed by atoms with E-state index < -0.39 is 0 Å². The summed E-state index contributed by atoms with van der Waals surface area (Å²) in [5.74, 6) is 0.247. The fourth-order valence-electron chi connectivity index (χ4n) is 4.29. The second kappa shape index (κ2) is 12.4. The second-order valence-electron chi connectivity index (χ2n) is 8.06. The summed E-state index contributed by atoms with van der Waals surface area (Å²) in [4.78, 5) is 24.0. The Morgan fingerprint density at radius 1 is 1.06 bits per heavy atom. The Hall–Kier alpha value is -1.70. The zero-order chi connectivity index (χ0) is 20.1. The molecule has 2 aromatic rings. The van der Waals surface area contributed by atoms with E-state index in [0.717, 1.165) is 52.4 Å². The Bertz CT molecular complexity index is 815. The highest BCUT2D eigenvalue weighted by Crippen LogP contribution is 2.21. The Kier molecular flexibility index (Phi) is 10.2. The predicted molar refractivity (Wildman–Crippen MR) is 129 cm³/mol. The molecule has 0 spiro atoms. The molecule has 1 aromatic heterocycles. The first-order valence-corrected chi connectivity index (χ1v) is 10.6. The number of benzene rings is 1. The van der Waals surface area contributed by atoms with Crippen LogP contribution < -0.4 is 5.32 Å². The summed E-state index contributed by atoms with van der Waals surface area (Å²) < 4.78 is 0. The van der Waals surface area contributed by atoms with Crippen LogP contribution in [0.15, 0.2) is 48.8 Å². The quantitative estimate of drug-likeness (QED) is 0.734. The van der Waals surface area contributed by atoms with Crippen LogP contribution in [0.5, 0.6) is 0 Å². The van der Waals surface area contributed by atoms with Crippen LogP contribution in [0.3, 0.4) is 0 Å². The number of hydrogen-bond acceptors (Lipinski definition) is 5. The van der Waals surface area contributed by atoms with Gasteiger partial charge in [-0.25, -0.2) is 0 Å². The van der Waals surface area contributed by atoms with E-state index in [9.17, 15) is 4.79 Å². The van der Waals surface area contributed by atoms with Gasteiger partial charge in [0.05, 0.1) is 6.54 Å². The molecule has 1 N–H and O–H groups in total. The van der Waals surface area contributed by atoms with Gasteiger partial charge in [0, 0.05) is 70.8 Å². The molecule has 2 saturated heterocycles. The number of halogens is 2. The lowest BCUT2D eigenvalue weighted by Gasteiger charge is -2.39. The minimum absolute atomic E-state index is 0. The van der Waals surface area contributed by atoms with Crippen LogP contribution in [-0.2, 0) is 11.3 Å². The van der Waals surface area contributed by atoms with Crippen LogP contribution in [0.1, 0.15) is 22.7 Å². The third kappa shape index (κ3) is 6.64. The van der Waals surface area contributed by atoms with Gasteiger partial charge in [-0.2, -0.15) is 0 Å². The van der Waals surface area contributed by atoms with E-state index in [0.29, 0.717) is 6.54 Å². The first-order chi connectivity index (χ1) is 14.2. The summed E-state index contributed by atoms with van der Waals surface area (Å²) >= 11 is 0. The molecule has 0 bridgehead atoms. The van der Waals surface area contributed by atoms with Crippen molar-refractivity contribution in [3.63, 3.8) is 0 Å². The first kappa shape index (κ1) is 25.6. The zero-order valence-corrected chi connectivity index (χ0v) is 19.7. The van der Waals surface area contributed by atoms with Gasteiger partial charge >= 0.3 is 0 Å². The van der Waals surface area contributed by atoms with E-state index >= 15 is 0 Å². The highest BCUT2D eigenvalue weighted by atomic mass is 35.5. The Labute approximate surface area is 197 Å². The molecule has 1 atom stereocenters. The molecule has 1 unspecified atom stereocenters. The van der Waals surface area contributed by atoms with Crippen LogP contribution in [-0.4, -0.2) is 77.9 Å². The minimum atomic E-state index is 0. The number of nitrogens with one attached hydrogen (secondary N) is 1. The van der Waals surface area contributed by atoms with Gasteiger partial charge in [0.25, 0.3) is 0 Å². The molecule has 2 fully saturated rings. The van der Waals surface area contributed by atoms with Gasteiger partial charge < -0.3 is 10.2 Å². The minimum Gasteiger partial charge on any atom is -0.339 e. The number of rotatable bonds is 5. The molecule has 0 saturated carbocycles. The van der Waals surface area contributed by atoms with Crippen molar-refractivity contribution in [2.24, 2.45) is 0 Å². The van der Waals surface area contributed by atoms with Crippen LogP contribution in [0, 0.1) is 6.92 Å². The molecule has 4 rings (SSSR count).